The molecule has 0 bridgehead atoms. The van der Waals surface area contributed by atoms with Crippen LogP contribution in [0.3, 0.4) is 0 Å². The van der Waals surface area contributed by atoms with Gasteiger partial charge in [0.2, 0.25) is 5.91 Å². The van der Waals surface area contributed by atoms with E-state index in [9.17, 15) is 4.79 Å². The van der Waals surface area contributed by atoms with Crippen LogP contribution in [0, 0.1) is 17.2 Å². The highest BCUT2D eigenvalue weighted by Crippen LogP contribution is 2.30. The number of nitrogens with zero attached hydrogens (tertiary/aromatic N) is 1. The summed E-state index contributed by atoms with van der Waals surface area (Å²) in [6, 6.07) is 19.9. The molecule has 1 aliphatic rings. The Bertz CT molecular complexity index is 865. The molecule has 1 unspecified atom stereocenters. The molecule has 2 N–H and O–H groups in total. The Morgan fingerprint density at radius 3 is 2.26 bits per heavy atom. The van der Waals surface area contributed by atoms with Crippen molar-refractivity contribution in [2.75, 3.05) is 6.54 Å². The molecule has 0 spiro atoms. The minimum absolute atomic E-state index is 0.0547. The molecule has 3 rings (SSSR count). The van der Waals surface area contributed by atoms with Crippen molar-refractivity contribution in [1.82, 2.24) is 10.6 Å². The Labute approximate surface area is 190 Å². The third-order valence-electron chi connectivity index (χ3n) is 5.69. The van der Waals surface area contributed by atoms with Crippen LogP contribution in [-0.2, 0) is 11.3 Å². The molecule has 0 radical (unpaired) electrons. The van der Waals surface area contributed by atoms with Crippen molar-refractivity contribution >= 4 is 17.7 Å². The van der Waals surface area contributed by atoms with Gasteiger partial charge in [-0.3, -0.25) is 4.79 Å². The van der Waals surface area contributed by atoms with Gasteiger partial charge in [-0.05, 0) is 54.0 Å². The maximum Gasteiger partial charge on any atom is 0.234 e. The zero-order valence-electron chi connectivity index (χ0n) is 18.6. The van der Waals surface area contributed by atoms with Crippen LogP contribution in [0.4, 0.5) is 0 Å². The van der Waals surface area contributed by atoms with E-state index >= 15 is 0 Å². The molecule has 2 aromatic carbocycles. The first kappa shape index (κ1) is 23.4. The predicted molar refractivity (Wildman–Crippen MR) is 129 cm³/mol. The summed E-state index contributed by atoms with van der Waals surface area (Å²) in [6.07, 6.45) is 6.10. The first-order valence-corrected chi connectivity index (χ1v) is 12.2. The van der Waals surface area contributed by atoms with Gasteiger partial charge in [0.15, 0.2) is 0 Å². The summed E-state index contributed by atoms with van der Waals surface area (Å²) in [5.41, 5.74) is 3.70. The molecule has 4 nitrogen and oxygen atoms in total. The van der Waals surface area contributed by atoms with Crippen LogP contribution in [0.1, 0.15) is 51.5 Å². The number of thioether (sulfide) groups is 1. The standard InChI is InChI=1S/C26H33N3OS/c1-19(2)17-25(26(30)28-16-15-27)31-24-13-11-22(12-14-24)21-9-7-20(8-10-21)18-29-23-5-3-4-6-23/h7-14,19,23,25,29H,3-6,16-18H2,1-2H3,(H,28,30). The van der Waals surface area contributed by atoms with Gasteiger partial charge < -0.3 is 10.6 Å². The van der Waals surface area contributed by atoms with Crippen LogP contribution < -0.4 is 10.6 Å². The molecular weight excluding hydrogens is 402 g/mol. The van der Waals surface area contributed by atoms with Crippen molar-refractivity contribution in [3.63, 3.8) is 0 Å². The lowest BCUT2D eigenvalue weighted by atomic mass is 10.0. The Morgan fingerprint density at radius 2 is 1.68 bits per heavy atom. The van der Waals surface area contributed by atoms with E-state index in [-0.39, 0.29) is 17.7 Å². The highest BCUT2D eigenvalue weighted by molar-refractivity contribution is 8.00. The Hall–Kier alpha value is -2.29. The molecule has 0 heterocycles. The normalized spacial score (nSPS) is 15.0. The van der Waals surface area contributed by atoms with Crippen LogP contribution >= 0.6 is 11.8 Å². The van der Waals surface area contributed by atoms with Gasteiger partial charge in [-0.1, -0.05) is 63.1 Å². The van der Waals surface area contributed by atoms with Crippen molar-refractivity contribution in [2.45, 2.75) is 68.7 Å². The summed E-state index contributed by atoms with van der Waals surface area (Å²) in [5, 5.41) is 14.9. The average Bonchev–Trinajstić information content (AvgIpc) is 3.30. The number of rotatable bonds is 10. The Kier molecular flexibility index (Phi) is 8.99. The van der Waals surface area contributed by atoms with Gasteiger partial charge in [-0.15, -0.1) is 11.8 Å². The van der Waals surface area contributed by atoms with Crippen LogP contribution in [-0.4, -0.2) is 23.7 Å². The third kappa shape index (κ3) is 7.41. The van der Waals surface area contributed by atoms with E-state index < -0.39 is 0 Å². The van der Waals surface area contributed by atoms with Crippen molar-refractivity contribution in [2.24, 2.45) is 5.92 Å². The quantitative estimate of drug-likeness (QED) is 0.380. The second-order valence-corrected chi connectivity index (χ2v) is 9.97. The number of carbonyl (C=O) groups is 1. The van der Waals surface area contributed by atoms with Gasteiger partial charge in [0.1, 0.15) is 6.54 Å². The number of amides is 1. The molecule has 1 saturated carbocycles. The van der Waals surface area contributed by atoms with E-state index in [1.165, 1.54) is 42.4 Å². The zero-order valence-corrected chi connectivity index (χ0v) is 19.4. The summed E-state index contributed by atoms with van der Waals surface area (Å²) in [7, 11) is 0. The Balaban J connectivity index is 1.59. The molecule has 0 aromatic heterocycles. The SMILES string of the molecule is CC(C)CC(Sc1ccc(-c2ccc(CNC3CCCC3)cc2)cc1)C(=O)NCC#N. The predicted octanol–water partition coefficient (Wildman–Crippen LogP) is 5.53. The molecule has 5 heteroatoms. The fourth-order valence-corrected chi connectivity index (χ4v) is 5.27. The van der Waals surface area contributed by atoms with E-state index in [0.29, 0.717) is 12.0 Å². The van der Waals surface area contributed by atoms with Gasteiger partial charge in [-0.25, -0.2) is 0 Å². The fraction of sp³-hybridized carbons (Fsp3) is 0.462. The minimum atomic E-state index is -0.189. The van der Waals surface area contributed by atoms with E-state index in [1.807, 2.05) is 6.07 Å². The number of benzene rings is 2. The van der Waals surface area contributed by atoms with E-state index in [4.69, 9.17) is 5.26 Å². The first-order valence-electron chi connectivity index (χ1n) is 11.3. The van der Waals surface area contributed by atoms with E-state index in [1.54, 1.807) is 11.8 Å². The number of nitrogens with one attached hydrogen (secondary N) is 2. The largest absolute Gasteiger partial charge is 0.342 e. The summed E-state index contributed by atoms with van der Waals surface area (Å²) < 4.78 is 0. The molecule has 1 amide bonds. The van der Waals surface area contributed by atoms with Gasteiger partial charge in [-0.2, -0.15) is 5.26 Å². The van der Waals surface area contributed by atoms with Gasteiger partial charge in [0, 0.05) is 17.5 Å². The second-order valence-electron chi connectivity index (χ2n) is 8.70. The maximum atomic E-state index is 12.4. The highest BCUT2D eigenvalue weighted by atomic mass is 32.2. The second kappa shape index (κ2) is 11.9. The third-order valence-corrected chi connectivity index (χ3v) is 6.92. The van der Waals surface area contributed by atoms with Crippen molar-refractivity contribution in [3.8, 4) is 17.2 Å². The smallest absolute Gasteiger partial charge is 0.234 e. The summed E-state index contributed by atoms with van der Waals surface area (Å²) in [6.45, 7) is 5.22. The van der Waals surface area contributed by atoms with Gasteiger partial charge in [0.05, 0.1) is 11.3 Å². The molecule has 0 aliphatic heterocycles. The first-order chi connectivity index (χ1) is 15.0. The lowest BCUT2D eigenvalue weighted by molar-refractivity contribution is -0.120. The molecule has 31 heavy (non-hydrogen) atoms. The van der Waals surface area contributed by atoms with Crippen LogP contribution in [0.5, 0.6) is 0 Å². The number of carbonyl (C=O) groups excluding carboxylic acids is 1. The van der Waals surface area contributed by atoms with Crippen LogP contribution in [0.15, 0.2) is 53.4 Å². The lowest BCUT2D eigenvalue weighted by Gasteiger charge is -2.17. The minimum Gasteiger partial charge on any atom is -0.342 e. The molecule has 1 aliphatic carbocycles. The highest BCUT2D eigenvalue weighted by Gasteiger charge is 2.21. The van der Waals surface area contributed by atoms with Crippen molar-refractivity contribution in [3.05, 3.63) is 54.1 Å². The topological polar surface area (TPSA) is 64.9 Å². The number of hydrogen-bond acceptors (Lipinski definition) is 4. The summed E-state index contributed by atoms with van der Waals surface area (Å²) in [5.74, 6) is 0.345. The monoisotopic (exact) mass is 435 g/mol. The lowest BCUT2D eigenvalue weighted by Crippen LogP contribution is -2.33. The molecule has 0 saturated heterocycles. The molecular formula is C26H33N3OS. The number of hydrogen-bond donors (Lipinski definition) is 2. The van der Waals surface area contributed by atoms with E-state index in [0.717, 1.165) is 17.9 Å². The van der Waals surface area contributed by atoms with Crippen LogP contribution in [0.25, 0.3) is 11.1 Å². The van der Waals surface area contributed by atoms with Crippen LogP contribution in [0.2, 0.25) is 0 Å². The summed E-state index contributed by atoms with van der Waals surface area (Å²) in [4.78, 5) is 13.5. The van der Waals surface area contributed by atoms with E-state index in [2.05, 4.69) is 73.0 Å². The zero-order chi connectivity index (χ0) is 22.1. The molecule has 1 atom stereocenters. The molecule has 164 valence electrons. The molecule has 1 fully saturated rings. The fourth-order valence-electron chi connectivity index (χ4n) is 3.97. The summed E-state index contributed by atoms with van der Waals surface area (Å²) >= 11 is 1.57. The maximum absolute atomic E-state index is 12.4. The number of nitriles is 1. The average molecular weight is 436 g/mol. The Morgan fingerprint density at radius 1 is 1.06 bits per heavy atom. The van der Waals surface area contributed by atoms with Gasteiger partial charge >= 0.3 is 0 Å². The van der Waals surface area contributed by atoms with Crippen molar-refractivity contribution in [1.29, 1.82) is 5.26 Å². The van der Waals surface area contributed by atoms with Crippen molar-refractivity contribution < 1.29 is 4.79 Å². The molecule has 2 aromatic rings. The van der Waals surface area contributed by atoms with Gasteiger partial charge in [0.25, 0.3) is 0 Å².